The van der Waals surface area contributed by atoms with Crippen LogP contribution in [-0.4, -0.2) is 14.2 Å². The maximum Gasteiger partial charge on any atom is 0.263 e. The summed E-state index contributed by atoms with van der Waals surface area (Å²) in [4.78, 5) is 0. The van der Waals surface area contributed by atoms with Crippen molar-refractivity contribution in [2.45, 2.75) is 6.54 Å². The van der Waals surface area contributed by atoms with Crippen LogP contribution in [-0.2, 0) is 6.54 Å². The summed E-state index contributed by atoms with van der Waals surface area (Å²) in [6.07, 6.45) is 4.29. The molecule has 0 aliphatic rings. The highest BCUT2D eigenvalue weighted by molar-refractivity contribution is 7.18. The Bertz CT molecular complexity index is 1120. The topological polar surface area (TPSA) is 22.3 Å². The maximum atomic E-state index is 5.42. The van der Waals surface area contributed by atoms with E-state index in [9.17, 15) is 0 Å². The number of nitrogens with zero attached hydrogens (tertiary/aromatic N) is 1. The fourth-order valence-corrected chi connectivity index (χ4v) is 4.29. The molecule has 0 spiro atoms. The molecule has 0 aliphatic heterocycles. The normalized spacial score (nSPS) is 10.8. The molecule has 0 atom stereocenters. The van der Waals surface area contributed by atoms with E-state index in [0.717, 1.165) is 23.6 Å². The highest BCUT2D eigenvalue weighted by Crippen LogP contribution is 2.29. The van der Waals surface area contributed by atoms with Crippen LogP contribution >= 0.6 is 11.3 Å². The number of rotatable bonds is 6. The number of aromatic nitrogens is 1. The van der Waals surface area contributed by atoms with Crippen LogP contribution in [0.15, 0.2) is 72.8 Å². The molecule has 4 aromatic rings. The molecule has 1 heterocycles. The number of methoxy groups -OCH3 is 2. The summed E-state index contributed by atoms with van der Waals surface area (Å²) in [5.41, 5.74) is 3.61. The van der Waals surface area contributed by atoms with Gasteiger partial charge in [0, 0.05) is 17.7 Å². The molecular weight excluding hydrogens is 446 g/mol. The van der Waals surface area contributed by atoms with E-state index in [4.69, 9.17) is 9.47 Å². The van der Waals surface area contributed by atoms with Gasteiger partial charge >= 0.3 is 0 Å². The first kappa shape index (κ1) is 21.1. The van der Waals surface area contributed by atoms with Gasteiger partial charge in [0.25, 0.3) is 5.01 Å². The number of hydrogen-bond acceptors (Lipinski definition) is 3. The molecule has 148 valence electrons. The van der Waals surface area contributed by atoms with Crippen LogP contribution in [0.1, 0.15) is 16.1 Å². The Labute approximate surface area is 185 Å². The van der Waals surface area contributed by atoms with Gasteiger partial charge < -0.3 is 26.5 Å². The van der Waals surface area contributed by atoms with Gasteiger partial charge in [0.15, 0.2) is 18.0 Å². The minimum atomic E-state index is 0. The van der Waals surface area contributed by atoms with Gasteiger partial charge in [-0.05, 0) is 29.8 Å². The molecular formula is C24H22BrNO2S. The number of hydrogen-bond donors (Lipinski definition) is 0. The average molecular weight is 468 g/mol. The zero-order valence-electron chi connectivity index (χ0n) is 16.3. The predicted octanol–water partition coefficient (Wildman–Crippen LogP) is 2.43. The number of fused-ring (bicyclic) bond motifs is 1. The quantitative estimate of drug-likeness (QED) is 0.406. The first-order chi connectivity index (χ1) is 13.8. The van der Waals surface area contributed by atoms with Gasteiger partial charge in [-0.3, -0.25) is 0 Å². The SMILES string of the molecule is COc1ccc(C=Cc2sc3ccccc3[n+]2Cc2ccccc2)cc1OC.[Br-]. The van der Waals surface area contributed by atoms with Crippen molar-refractivity contribution >= 4 is 33.7 Å². The van der Waals surface area contributed by atoms with Crippen LogP contribution in [0.4, 0.5) is 0 Å². The van der Waals surface area contributed by atoms with Crippen molar-refractivity contribution in [1.29, 1.82) is 0 Å². The molecule has 4 rings (SSSR count). The molecule has 0 amide bonds. The second kappa shape index (κ2) is 9.72. The van der Waals surface area contributed by atoms with E-state index < -0.39 is 0 Å². The molecule has 0 N–H and O–H groups in total. The Morgan fingerprint density at radius 2 is 1.55 bits per heavy atom. The van der Waals surface area contributed by atoms with E-state index in [1.165, 1.54) is 20.8 Å². The minimum absolute atomic E-state index is 0. The summed E-state index contributed by atoms with van der Waals surface area (Å²) >= 11 is 1.80. The lowest BCUT2D eigenvalue weighted by molar-refractivity contribution is -0.659. The molecule has 3 aromatic carbocycles. The van der Waals surface area contributed by atoms with Crippen molar-refractivity contribution in [2.75, 3.05) is 14.2 Å². The van der Waals surface area contributed by atoms with Gasteiger partial charge in [-0.2, -0.15) is 4.57 Å². The molecule has 0 radical (unpaired) electrons. The van der Waals surface area contributed by atoms with Gasteiger partial charge in [-0.25, -0.2) is 0 Å². The fourth-order valence-electron chi connectivity index (χ4n) is 3.23. The van der Waals surface area contributed by atoms with Crippen molar-refractivity contribution in [3.63, 3.8) is 0 Å². The molecule has 0 saturated heterocycles. The maximum absolute atomic E-state index is 5.42. The van der Waals surface area contributed by atoms with Crippen LogP contribution in [0.25, 0.3) is 22.4 Å². The molecule has 0 unspecified atom stereocenters. The molecule has 29 heavy (non-hydrogen) atoms. The summed E-state index contributed by atoms with van der Waals surface area (Å²) < 4.78 is 14.4. The predicted molar refractivity (Wildman–Crippen MR) is 116 cm³/mol. The van der Waals surface area contributed by atoms with Crippen LogP contribution in [0.2, 0.25) is 0 Å². The summed E-state index contributed by atoms with van der Waals surface area (Å²) in [7, 11) is 3.31. The molecule has 1 aromatic heterocycles. The summed E-state index contributed by atoms with van der Waals surface area (Å²) in [5, 5.41) is 1.21. The Hall–Kier alpha value is -2.63. The number of ether oxygens (including phenoxy) is 2. The van der Waals surface area contributed by atoms with Gasteiger partial charge in [0.05, 0.1) is 14.2 Å². The van der Waals surface area contributed by atoms with E-state index in [2.05, 4.69) is 71.3 Å². The van der Waals surface area contributed by atoms with E-state index in [-0.39, 0.29) is 17.0 Å². The van der Waals surface area contributed by atoms with Crippen LogP contribution in [0.5, 0.6) is 11.5 Å². The number of para-hydroxylation sites is 1. The summed E-state index contributed by atoms with van der Waals surface area (Å²) in [5.74, 6) is 1.47. The first-order valence-electron chi connectivity index (χ1n) is 9.14. The minimum Gasteiger partial charge on any atom is -1.00 e. The van der Waals surface area contributed by atoms with Crippen molar-refractivity contribution in [1.82, 2.24) is 0 Å². The standard InChI is InChI=1S/C24H22NO2S.BrH/c1-26-21-14-12-18(16-22(21)27-2)13-15-24-25(17-19-8-4-3-5-9-19)20-10-6-7-11-23(20)28-24;/h3-16H,17H2,1-2H3;1H/q+1;/p-1. The molecule has 0 fully saturated rings. The molecule has 0 saturated carbocycles. The van der Waals surface area contributed by atoms with Crippen molar-refractivity contribution < 1.29 is 31.0 Å². The highest BCUT2D eigenvalue weighted by atomic mass is 79.9. The van der Waals surface area contributed by atoms with Crippen molar-refractivity contribution in [3.8, 4) is 11.5 Å². The lowest BCUT2D eigenvalue weighted by Gasteiger charge is -2.07. The van der Waals surface area contributed by atoms with Gasteiger partial charge in [-0.15, -0.1) is 0 Å². The van der Waals surface area contributed by atoms with Crippen molar-refractivity contribution in [3.05, 3.63) is 88.9 Å². The van der Waals surface area contributed by atoms with Crippen LogP contribution < -0.4 is 31.0 Å². The van der Waals surface area contributed by atoms with Crippen LogP contribution in [0, 0.1) is 0 Å². The van der Waals surface area contributed by atoms with Gasteiger partial charge in [0.2, 0.25) is 5.52 Å². The summed E-state index contributed by atoms with van der Waals surface area (Å²) in [6.45, 7) is 0.844. The van der Waals surface area contributed by atoms with E-state index in [0.29, 0.717) is 0 Å². The Balaban J connectivity index is 0.00000240. The second-order valence-electron chi connectivity index (χ2n) is 6.43. The average Bonchev–Trinajstić information content (AvgIpc) is 3.10. The van der Waals surface area contributed by atoms with Gasteiger partial charge in [0.1, 0.15) is 4.70 Å². The molecule has 0 aliphatic carbocycles. The lowest BCUT2D eigenvalue weighted by Crippen LogP contribution is -3.00. The van der Waals surface area contributed by atoms with Crippen LogP contribution in [0.3, 0.4) is 0 Å². The summed E-state index contributed by atoms with van der Waals surface area (Å²) in [6, 6.07) is 25.1. The Morgan fingerprint density at radius 1 is 0.828 bits per heavy atom. The second-order valence-corrected chi connectivity index (χ2v) is 7.49. The number of benzene rings is 3. The third kappa shape index (κ3) is 4.69. The number of halogens is 1. The van der Waals surface area contributed by atoms with E-state index in [1.54, 1.807) is 25.6 Å². The third-order valence-corrected chi connectivity index (χ3v) is 5.78. The lowest BCUT2D eigenvalue weighted by atomic mass is 10.2. The van der Waals surface area contributed by atoms with Gasteiger partial charge in [-0.1, -0.05) is 59.9 Å². The Morgan fingerprint density at radius 3 is 2.31 bits per heavy atom. The highest BCUT2D eigenvalue weighted by Gasteiger charge is 2.18. The molecule has 3 nitrogen and oxygen atoms in total. The monoisotopic (exact) mass is 467 g/mol. The molecule has 0 bridgehead atoms. The zero-order chi connectivity index (χ0) is 19.3. The largest absolute Gasteiger partial charge is 1.00 e. The number of thiazole rings is 1. The van der Waals surface area contributed by atoms with E-state index in [1.807, 2.05) is 18.2 Å². The zero-order valence-corrected chi connectivity index (χ0v) is 18.7. The third-order valence-electron chi connectivity index (χ3n) is 4.65. The fraction of sp³-hybridized carbons (Fsp3) is 0.125. The first-order valence-corrected chi connectivity index (χ1v) is 9.95. The smallest absolute Gasteiger partial charge is 0.263 e. The van der Waals surface area contributed by atoms with E-state index >= 15 is 0 Å². The molecule has 5 heteroatoms. The van der Waals surface area contributed by atoms with Crippen molar-refractivity contribution in [2.24, 2.45) is 0 Å². The Kier molecular flexibility index (Phi) is 7.07.